The van der Waals surface area contributed by atoms with Gasteiger partial charge in [-0.25, -0.2) is 0 Å². The first-order chi connectivity index (χ1) is 7.65. The Morgan fingerprint density at radius 1 is 1.50 bits per heavy atom. The van der Waals surface area contributed by atoms with Crippen molar-refractivity contribution in [3.8, 4) is 0 Å². The topological polar surface area (TPSA) is 41.1 Å². The summed E-state index contributed by atoms with van der Waals surface area (Å²) in [6, 6.07) is 5.64. The zero-order chi connectivity index (χ0) is 11.5. The highest BCUT2D eigenvalue weighted by Gasteiger charge is 2.17. The van der Waals surface area contributed by atoms with Gasteiger partial charge in [0.1, 0.15) is 0 Å². The first-order valence-electron chi connectivity index (χ1n) is 5.44. The van der Waals surface area contributed by atoms with E-state index in [0.29, 0.717) is 10.6 Å². The minimum Gasteiger partial charge on any atom is -0.348 e. The summed E-state index contributed by atoms with van der Waals surface area (Å²) in [5.41, 5.74) is 1.64. The Bertz CT molecular complexity index is 380. The van der Waals surface area contributed by atoms with Gasteiger partial charge in [-0.3, -0.25) is 4.79 Å². The summed E-state index contributed by atoms with van der Waals surface area (Å²) >= 11 is 5.92. The lowest BCUT2D eigenvalue weighted by Crippen LogP contribution is -2.36. The molecule has 1 aromatic rings. The van der Waals surface area contributed by atoms with E-state index in [2.05, 4.69) is 10.6 Å². The van der Waals surface area contributed by atoms with E-state index in [1.165, 1.54) is 0 Å². The van der Waals surface area contributed by atoms with Crippen molar-refractivity contribution in [1.82, 2.24) is 10.6 Å². The number of rotatable bonds is 2. The number of halogens is 1. The number of aryl methyl sites for hydroxylation is 1. The summed E-state index contributed by atoms with van der Waals surface area (Å²) in [5.74, 6) is -0.0423. The maximum absolute atomic E-state index is 11.9. The molecule has 0 aromatic heterocycles. The third-order valence-electron chi connectivity index (χ3n) is 2.70. The third-order valence-corrected chi connectivity index (χ3v) is 2.92. The number of amides is 1. The molecular weight excluding hydrogens is 224 g/mol. The lowest BCUT2D eigenvalue weighted by molar-refractivity contribution is 0.0940. The molecule has 0 spiro atoms. The van der Waals surface area contributed by atoms with Crippen LogP contribution in [0.2, 0.25) is 5.02 Å². The molecule has 4 heteroatoms. The molecule has 2 rings (SSSR count). The van der Waals surface area contributed by atoms with Gasteiger partial charge in [0, 0.05) is 23.2 Å². The fraction of sp³-hybridized carbons (Fsp3) is 0.417. The molecule has 1 heterocycles. The zero-order valence-corrected chi connectivity index (χ0v) is 9.97. The van der Waals surface area contributed by atoms with Crippen LogP contribution in [0.5, 0.6) is 0 Å². The fourth-order valence-corrected chi connectivity index (χ4v) is 2.20. The van der Waals surface area contributed by atoms with E-state index in [1.54, 1.807) is 6.07 Å². The average molecular weight is 239 g/mol. The van der Waals surface area contributed by atoms with Crippen molar-refractivity contribution in [2.24, 2.45) is 0 Å². The number of nitrogens with one attached hydrogen (secondary N) is 2. The fourth-order valence-electron chi connectivity index (χ4n) is 1.91. The minimum absolute atomic E-state index is 0.0423. The van der Waals surface area contributed by atoms with Gasteiger partial charge in [-0.1, -0.05) is 11.6 Å². The van der Waals surface area contributed by atoms with Gasteiger partial charge in [0.2, 0.25) is 0 Å². The Labute approximate surface area is 100 Å². The van der Waals surface area contributed by atoms with Crippen LogP contribution in [0.25, 0.3) is 0 Å². The van der Waals surface area contributed by atoms with E-state index < -0.39 is 0 Å². The standard InChI is InChI=1S/C12H15ClN2O/c1-8-4-9(6-10(13)5-8)12(16)15-11-2-3-14-7-11/h4-6,11,14H,2-3,7H2,1H3,(H,15,16). The quantitative estimate of drug-likeness (QED) is 0.824. The van der Waals surface area contributed by atoms with E-state index in [4.69, 9.17) is 11.6 Å². The van der Waals surface area contributed by atoms with Crippen LogP contribution in [0.15, 0.2) is 18.2 Å². The zero-order valence-electron chi connectivity index (χ0n) is 9.22. The molecule has 1 saturated heterocycles. The highest BCUT2D eigenvalue weighted by atomic mass is 35.5. The molecule has 1 amide bonds. The predicted octanol–water partition coefficient (Wildman–Crippen LogP) is 1.74. The molecule has 1 atom stereocenters. The van der Waals surface area contributed by atoms with Gasteiger partial charge >= 0.3 is 0 Å². The summed E-state index contributed by atoms with van der Waals surface area (Å²) in [5, 5.41) is 6.81. The molecular formula is C12H15ClN2O. The van der Waals surface area contributed by atoms with Gasteiger partial charge in [-0.05, 0) is 43.7 Å². The van der Waals surface area contributed by atoms with Crippen LogP contribution >= 0.6 is 11.6 Å². The Balaban J connectivity index is 2.07. The van der Waals surface area contributed by atoms with Gasteiger partial charge < -0.3 is 10.6 Å². The molecule has 3 nitrogen and oxygen atoms in total. The lowest BCUT2D eigenvalue weighted by atomic mass is 10.1. The van der Waals surface area contributed by atoms with Crippen LogP contribution in [0.4, 0.5) is 0 Å². The highest BCUT2D eigenvalue weighted by Crippen LogP contribution is 2.14. The second kappa shape index (κ2) is 4.85. The molecule has 1 fully saturated rings. The van der Waals surface area contributed by atoms with Crippen molar-refractivity contribution < 1.29 is 4.79 Å². The molecule has 1 unspecified atom stereocenters. The normalized spacial score (nSPS) is 19.8. The maximum atomic E-state index is 11.9. The minimum atomic E-state index is -0.0423. The highest BCUT2D eigenvalue weighted by molar-refractivity contribution is 6.31. The number of hydrogen-bond acceptors (Lipinski definition) is 2. The molecule has 1 aliphatic rings. The number of carbonyl (C=O) groups is 1. The summed E-state index contributed by atoms with van der Waals surface area (Å²) in [4.78, 5) is 11.9. The second-order valence-electron chi connectivity index (χ2n) is 4.18. The molecule has 86 valence electrons. The van der Waals surface area contributed by atoms with Crippen LogP contribution in [0, 0.1) is 6.92 Å². The van der Waals surface area contributed by atoms with Gasteiger partial charge in [0.25, 0.3) is 5.91 Å². The molecule has 16 heavy (non-hydrogen) atoms. The monoisotopic (exact) mass is 238 g/mol. The van der Waals surface area contributed by atoms with Crippen LogP contribution in [0.3, 0.4) is 0 Å². The Kier molecular flexibility index (Phi) is 3.46. The van der Waals surface area contributed by atoms with E-state index in [9.17, 15) is 4.79 Å². The maximum Gasteiger partial charge on any atom is 0.251 e. The number of carbonyl (C=O) groups excluding carboxylic acids is 1. The number of benzene rings is 1. The predicted molar refractivity (Wildman–Crippen MR) is 64.9 cm³/mol. The SMILES string of the molecule is Cc1cc(Cl)cc(C(=O)NC2CCNC2)c1. The van der Waals surface area contributed by atoms with Gasteiger partial charge in [0.15, 0.2) is 0 Å². The van der Waals surface area contributed by atoms with Gasteiger partial charge in [-0.15, -0.1) is 0 Å². The largest absolute Gasteiger partial charge is 0.348 e. The summed E-state index contributed by atoms with van der Waals surface area (Å²) in [6.07, 6.45) is 0.991. The van der Waals surface area contributed by atoms with Gasteiger partial charge in [0.05, 0.1) is 0 Å². The van der Waals surface area contributed by atoms with Crippen LogP contribution in [-0.4, -0.2) is 25.0 Å². The molecule has 0 bridgehead atoms. The first kappa shape index (κ1) is 11.4. The van der Waals surface area contributed by atoms with Crippen molar-refractivity contribution in [2.75, 3.05) is 13.1 Å². The summed E-state index contributed by atoms with van der Waals surface area (Å²) in [6.45, 7) is 3.75. The van der Waals surface area contributed by atoms with E-state index in [0.717, 1.165) is 25.1 Å². The Morgan fingerprint density at radius 3 is 2.94 bits per heavy atom. The average Bonchev–Trinajstić information content (AvgIpc) is 2.68. The van der Waals surface area contributed by atoms with Crippen molar-refractivity contribution in [3.63, 3.8) is 0 Å². The molecule has 2 N–H and O–H groups in total. The van der Waals surface area contributed by atoms with Crippen LogP contribution in [-0.2, 0) is 0 Å². The first-order valence-corrected chi connectivity index (χ1v) is 5.82. The van der Waals surface area contributed by atoms with E-state index >= 15 is 0 Å². The second-order valence-corrected chi connectivity index (χ2v) is 4.62. The molecule has 1 aromatic carbocycles. The van der Waals surface area contributed by atoms with Crippen molar-refractivity contribution in [1.29, 1.82) is 0 Å². The van der Waals surface area contributed by atoms with E-state index in [-0.39, 0.29) is 11.9 Å². The molecule has 1 aliphatic heterocycles. The van der Waals surface area contributed by atoms with Gasteiger partial charge in [-0.2, -0.15) is 0 Å². The van der Waals surface area contributed by atoms with Crippen molar-refractivity contribution >= 4 is 17.5 Å². The van der Waals surface area contributed by atoms with Crippen molar-refractivity contribution in [3.05, 3.63) is 34.3 Å². The third kappa shape index (κ3) is 2.74. The molecule has 0 saturated carbocycles. The van der Waals surface area contributed by atoms with Crippen molar-refractivity contribution in [2.45, 2.75) is 19.4 Å². The smallest absolute Gasteiger partial charge is 0.251 e. The van der Waals surface area contributed by atoms with Crippen LogP contribution < -0.4 is 10.6 Å². The van der Waals surface area contributed by atoms with Crippen LogP contribution in [0.1, 0.15) is 22.3 Å². The Morgan fingerprint density at radius 2 is 2.31 bits per heavy atom. The Hall–Kier alpha value is -1.06. The number of hydrogen-bond donors (Lipinski definition) is 2. The lowest BCUT2D eigenvalue weighted by Gasteiger charge is -2.11. The van der Waals surface area contributed by atoms with E-state index in [1.807, 2.05) is 19.1 Å². The summed E-state index contributed by atoms with van der Waals surface area (Å²) in [7, 11) is 0. The molecule has 0 radical (unpaired) electrons. The summed E-state index contributed by atoms with van der Waals surface area (Å²) < 4.78 is 0. The molecule has 0 aliphatic carbocycles.